The number of hydrogen-bond acceptors (Lipinski definition) is 11. The maximum Gasteiger partial charge on any atom is 0.241 e. The minimum atomic E-state index is -3.57. The first-order valence-electron chi connectivity index (χ1n) is 9.70. The van der Waals surface area contributed by atoms with Gasteiger partial charge in [-0.1, -0.05) is 6.07 Å². The summed E-state index contributed by atoms with van der Waals surface area (Å²) in [7, 11) is 1.57. The van der Waals surface area contributed by atoms with E-state index >= 15 is 0 Å². The van der Waals surface area contributed by atoms with Gasteiger partial charge in [-0.3, -0.25) is 4.68 Å². The number of nitrogens with one attached hydrogen (secondary N) is 1. The summed E-state index contributed by atoms with van der Waals surface area (Å²) in [6.07, 6.45) is 1.15. The summed E-state index contributed by atoms with van der Waals surface area (Å²) < 4.78 is 33.3. The van der Waals surface area contributed by atoms with E-state index < -0.39 is 15.1 Å². The summed E-state index contributed by atoms with van der Waals surface area (Å²) in [5.74, 6) is 0.352. The van der Waals surface area contributed by atoms with Gasteiger partial charge in [0, 0.05) is 18.9 Å². The predicted octanol–water partition coefficient (Wildman–Crippen LogP) is 1.63. The molecule has 0 saturated carbocycles. The molecule has 0 radical (unpaired) electrons. The lowest BCUT2D eigenvalue weighted by atomic mass is 10.1. The molecule has 11 nitrogen and oxygen atoms in total. The van der Waals surface area contributed by atoms with E-state index in [9.17, 15) is 8.42 Å². The number of benzene rings is 1. The molecule has 1 aromatic carbocycles. The summed E-state index contributed by atoms with van der Waals surface area (Å²) in [6, 6.07) is 7.83. The van der Waals surface area contributed by atoms with Crippen molar-refractivity contribution in [1.29, 1.82) is 0 Å². The van der Waals surface area contributed by atoms with Gasteiger partial charge in [0.15, 0.2) is 15.1 Å². The van der Waals surface area contributed by atoms with Gasteiger partial charge < -0.3 is 20.3 Å². The van der Waals surface area contributed by atoms with Gasteiger partial charge in [0.1, 0.15) is 11.8 Å². The molecule has 0 spiro atoms. The van der Waals surface area contributed by atoms with Gasteiger partial charge in [-0.2, -0.15) is 5.10 Å². The van der Waals surface area contributed by atoms with Gasteiger partial charge in [-0.05, 0) is 39.2 Å². The Bertz CT molecular complexity index is 1310. The van der Waals surface area contributed by atoms with Gasteiger partial charge in [0.2, 0.25) is 11.8 Å². The second-order valence-corrected chi connectivity index (χ2v) is 10.00. The monoisotopic (exact) mass is 493 g/mol. The van der Waals surface area contributed by atoms with Crippen molar-refractivity contribution in [2.24, 2.45) is 12.8 Å². The average molecular weight is 494 g/mol. The van der Waals surface area contributed by atoms with Crippen LogP contribution < -0.4 is 11.1 Å². The molecular formula is C20H27N7O4S2. The molecule has 178 valence electrons. The fraction of sp³-hybridized carbons (Fsp3) is 0.350. The molecule has 1 atom stereocenters. The number of carbonyl (C=O) groups is 1. The lowest BCUT2D eigenvalue weighted by molar-refractivity contribution is -0.0980. The van der Waals surface area contributed by atoms with Crippen LogP contribution in [0.15, 0.2) is 28.7 Å². The molecule has 0 amide bonds. The molecule has 0 aliphatic carbocycles. The first-order chi connectivity index (χ1) is 15.8. The van der Waals surface area contributed by atoms with Crippen LogP contribution in [-0.2, 0) is 28.2 Å². The predicted molar refractivity (Wildman–Crippen MR) is 128 cm³/mol. The number of sulfone groups is 1. The number of aryl methyl sites for hydroxylation is 2. The molecule has 4 rings (SSSR count). The largest absolute Gasteiger partial charge is 0.422 e. The number of aromatic nitrogens is 5. The maximum atomic E-state index is 12.5. The number of carbonyl (C=O) groups excluding carboxylic acids is 1. The Kier molecular flexibility index (Phi) is 8.93. The zero-order valence-electron chi connectivity index (χ0n) is 19.1. The molecule has 0 bridgehead atoms. The molecule has 0 aliphatic rings. The van der Waals surface area contributed by atoms with Crippen LogP contribution in [0, 0.1) is 6.92 Å². The summed E-state index contributed by atoms with van der Waals surface area (Å²) in [4.78, 5) is 12.5. The smallest absolute Gasteiger partial charge is 0.241 e. The van der Waals surface area contributed by atoms with Crippen LogP contribution in [0.25, 0.3) is 21.5 Å². The number of nitrogens with zero attached hydrogens (tertiary/aromatic N) is 5. The Morgan fingerprint density at radius 3 is 2.52 bits per heavy atom. The van der Waals surface area contributed by atoms with E-state index in [2.05, 4.69) is 31.3 Å². The summed E-state index contributed by atoms with van der Waals surface area (Å²) in [5, 5.41) is 14.4. The van der Waals surface area contributed by atoms with E-state index in [1.807, 2.05) is 49.7 Å². The quantitative estimate of drug-likeness (QED) is 0.404. The maximum absolute atomic E-state index is 12.5. The van der Waals surface area contributed by atoms with Gasteiger partial charge in [-0.15, -0.1) is 21.5 Å². The topological polar surface area (TPSA) is 159 Å². The van der Waals surface area contributed by atoms with Gasteiger partial charge >= 0.3 is 0 Å². The molecule has 3 N–H and O–H groups in total. The Labute approximate surface area is 196 Å². The first kappa shape index (κ1) is 26.3. The Hall–Kier alpha value is -3.00. The molecule has 0 saturated heterocycles. The van der Waals surface area contributed by atoms with Crippen molar-refractivity contribution in [3.05, 3.63) is 46.7 Å². The van der Waals surface area contributed by atoms with Crippen LogP contribution in [0.2, 0.25) is 0 Å². The zero-order valence-corrected chi connectivity index (χ0v) is 20.7. The van der Waals surface area contributed by atoms with E-state index in [1.165, 1.54) is 18.4 Å². The number of fused-ring (bicyclic) bond motifs is 1. The minimum Gasteiger partial charge on any atom is -0.422 e. The molecule has 3 aromatic heterocycles. The fourth-order valence-corrected chi connectivity index (χ4v) is 5.69. The first-order valence-corrected chi connectivity index (χ1v) is 12.5. The standard InChI is InChI=1S/C18H20N6O3S2.CH5N.CH2O/c1-10-7-13(24(3)23-10)11-5-6-12-14(8-11)28-18(20-12)16(29(4,25)26)17-22-21-15(27-17)9-19-2;2*1-2/h5-8,16,19H,9H2,1-4H3;2H2,1H3;1H2. The lowest BCUT2D eigenvalue weighted by Gasteiger charge is -2.07. The highest BCUT2D eigenvalue weighted by Crippen LogP contribution is 2.36. The normalized spacial score (nSPS) is 11.9. The zero-order chi connectivity index (χ0) is 24.8. The van der Waals surface area contributed by atoms with Crippen molar-refractivity contribution in [2.45, 2.75) is 18.7 Å². The summed E-state index contributed by atoms with van der Waals surface area (Å²) in [5.41, 5.74) is 8.11. The number of thiazole rings is 1. The second kappa shape index (κ2) is 11.2. The fourth-order valence-electron chi connectivity index (χ4n) is 3.16. The molecule has 1 unspecified atom stereocenters. The van der Waals surface area contributed by atoms with Crippen LogP contribution in [0.5, 0.6) is 0 Å². The van der Waals surface area contributed by atoms with E-state index in [-0.39, 0.29) is 5.89 Å². The van der Waals surface area contributed by atoms with Crippen molar-refractivity contribution in [1.82, 2.24) is 30.3 Å². The second-order valence-electron chi connectivity index (χ2n) is 6.80. The van der Waals surface area contributed by atoms with Gasteiger partial charge in [-0.25, -0.2) is 13.4 Å². The molecule has 33 heavy (non-hydrogen) atoms. The third kappa shape index (κ3) is 5.87. The van der Waals surface area contributed by atoms with Crippen LogP contribution >= 0.6 is 11.3 Å². The van der Waals surface area contributed by atoms with Crippen molar-refractivity contribution in [3.63, 3.8) is 0 Å². The molecule has 0 fully saturated rings. The SMILES string of the molecule is C=O.CN.CNCc1nnc(C(c2nc3ccc(-c4cc(C)nn4C)cc3s2)S(C)(=O)=O)o1. The minimum absolute atomic E-state index is 0.0271. The highest BCUT2D eigenvalue weighted by molar-refractivity contribution is 7.91. The lowest BCUT2D eigenvalue weighted by Crippen LogP contribution is -2.13. The van der Waals surface area contributed by atoms with Crippen molar-refractivity contribution < 1.29 is 17.6 Å². The van der Waals surface area contributed by atoms with E-state index in [4.69, 9.17) is 9.21 Å². The summed E-state index contributed by atoms with van der Waals surface area (Å²) >= 11 is 1.31. The molecule has 4 aromatic rings. The van der Waals surface area contributed by atoms with Crippen LogP contribution in [0.4, 0.5) is 0 Å². The Morgan fingerprint density at radius 1 is 1.24 bits per heavy atom. The number of nitrogens with two attached hydrogens (primary N) is 1. The van der Waals surface area contributed by atoms with Crippen LogP contribution in [-0.4, -0.2) is 60.5 Å². The Balaban J connectivity index is 0.000000914. The third-order valence-corrected chi connectivity index (χ3v) is 6.90. The average Bonchev–Trinajstić information content (AvgIpc) is 3.48. The van der Waals surface area contributed by atoms with E-state index in [0.29, 0.717) is 17.4 Å². The number of hydrogen-bond donors (Lipinski definition) is 2. The van der Waals surface area contributed by atoms with Gasteiger partial charge in [0.25, 0.3) is 0 Å². The number of rotatable bonds is 6. The van der Waals surface area contributed by atoms with Crippen LogP contribution in [0.1, 0.15) is 27.7 Å². The van der Waals surface area contributed by atoms with Crippen molar-refractivity contribution >= 4 is 38.2 Å². The third-order valence-electron chi connectivity index (χ3n) is 4.39. The van der Waals surface area contributed by atoms with E-state index in [1.54, 1.807) is 7.05 Å². The van der Waals surface area contributed by atoms with Crippen molar-refractivity contribution in [2.75, 3.05) is 20.4 Å². The van der Waals surface area contributed by atoms with E-state index in [0.717, 1.165) is 33.4 Å². The molecule has 0 aliphatic heterocycles. The summed E-state index contributed by atoms with van der Waals surface area (Å²) in [6.45, 7) is 4.30. The molecule has 13 heteroatoms. The van der Waals surface area contributed by atoms with Crippen molar-refractivity contribution in [3.8, 4) is 11.3 Å². The molecular weight excluding hydrogens is 466 g/mol. The highest BCUT2D eigenvalue weighted by atomic mass is 32.2. The molecule has 3 heterocycles. The van der Waals surface area contributed by atoms with Crippen LogP contribution in [0.3, 0.4) is 0 Å². The van der Waals surface area contributed by atoms with Gasteiger partial charge in [0.05, 0.1) is 28.1 Å². The highest BCUT2D eigenvalue weighted by Gasteiger charge is 2.33. The Morgan fingerprint density at radius 2 is 1.94 bits per heavy atom.